The summed E-state index contributed by atoms with van der Waals surface area (Å²) in [5.74, 6) is 8.83. The Bertz CT molecular complexity index is 2520. The van der Waals surface area contributed by atoms with Crippen LogP contribution in [0.2, 0.25) is 0 Å². The van der Waals surface area contributed by atoms with Crippen LogP contribution in [0.15, 0.2) is 65.8 Å². The summed E-state index contributed by atoms with van der Waals surface area (Å²) in [5, 5.41) is 19.5. The van der Waals surface area contributed by atoms with E-state index >= 15 is 0 Å². The van der Waals surface area contributed by atoms with Crippen molar-refractivity contribution in [1.29, 1.82) is 0 Å². The second-order valence-corrected chi connectivity index (χ2v) is 28.2. The Morgan fingerprint density at radius 2 is 1.14 bits per heavy atom. The number of amides is 1. The summed E-state index contributed by atoms with van der Waals surface area (Å²) in [6.45, 7) is 2.21. The highest BCUT2D eigenvalue weighted by atomic mass is 35.8. The first-order chi connectivity index (χ1) is 39.0. The number of Topliss-reactive ketones (excluding diaryl/α,β-unsaturated/α-hetero) is 3. The quantitative estimate of drug-likeness (QED) is 0.0410. The number of aliphatic carboxylic acids is 1. The molecule has 5 aliphatic carbocycles. The van der Waals surface area contributed by atoms with Crippen LogP contribution in [0.1, 0.15) is 164 Å². The molecule has 6 fully saturated rings. The number of carbonyl (C=O) groups is 5. The third-order valence-electron chi connectivity index (χ3n) is 16.7. The van der Waals surface area contributed by atoms with E-state index in [2.05, 4.69) is 10.7 Å². The summed E-state index contributed by atoms with van der Waals surface area (Å²) in [6.07, 6.45) is 21.0. The van der Waals surface area contributed by atoms with Gasteiger partial charge < -0.3 is 38.8 Å². The molecular formula is C60H85AlCl3N5O12. The lowest BCUT2D eigenvalue weighted by Gasteiger charge is -2.41. The van der Waals surface area contributed by atoms with Crippen molar-refractivity contribution >= 4 is 76.5 Å². The SMILES string of the molecule is COc1ccc(C(=O)CC2(C(=O)O)CCCC2)cc1OC.COc1ccc(C2=NN(C3CCCCC3)C(=O)C3(CCCC3)C2)cc1OC.COc1ccccc1OC.NNC1CCNCC1.O=C1CC(=O)C2(CCCC2)C1.[Cl][Al]([Cl])[Cl]. The number of ether oxygens (including phenoxy) is 6. The van der Waals surface area contributed by atoms with Gasteiger partial charge in [-0.25, -0.2) is 35.2 Å². The highest BCUT2D eigenvalue weighted by Gasteiger charge is 2.50. The number of piperidine rings is 1. The Morgan fingerprint density at radius 1 is 0.654 bits per heavy atom. The number of carboxylic acids is 1. The molecule has 2 heterocycles. The van der Waals surface area contributed by atoms with Gasteiger partial charge in [0.05, 0.1) is 71.7 Å². The molecule has 81 heavy (non-hydrogen) atoms. The van der Waals surface area contributed by atoms with Gasteiger partial charge in [0.25, 0.3) is 0 Å². The Balaban J connectivity index is 0.000000196. The van der Waals surface area contributed by atoms with Crippen LogP contribution in [-0.4, -0.2) is 124 Å². The first-order valence-electron chi connectivity index (χ1n) is 28.4. The van der Waals surface area contributed by atoms with Gasteiger partial charge in [0.1, 0.15) is 11.6 Å². The molecule has 0 atom stereocenters. The van der Waals surface area contributed by atoms with Crippen LogP contribution in [0.4, 0.5) is 0 Å². The molecule has 0 unspecified atom stereocenters. The van der Waals surface area contributed by atoms with E-state index in [0.29, 0.717) is 53.9 Å². The van der Waals surface area contributed by atoms with E-state index in [-0.39, 0.29) is 53.0 Å². The summed E-state index contributed by atoms with van der Waals surface area (Å²) < 4.78 is 31.2. The number of hydrazine groups is 1. The van der Waals surface area contributed by atoms with Gasteiger partial charge in [0, 0.05) is 41.8 Å². The zero-order valence-corrected chi connectivity index (χ0v) is 51.6. The number of para-hydroxylation sites is 2. The number of nitrogens with one attached hydrogen (secondary N) is 2. The van der Waals surface area contributed by atoms with Gasteiger partial charge in [0.2, 0.25) is 5.91 Å². The van der Waals surface area contributed by atoms with E-state index in [1.807, 2.05) is 47.5 Å². The van der Waals surface area contributed by atoms with Gasteiger partial charge >= 0.3 is 17.4 Å². The molecule has 2 spiro atoms. The number of nitrogens with zero attached hydrogens (tertiary/aromatic N) is 2. The van der Waals surface area contributed by atoms with Crippen molar-refractivity contribution in [1.82, 2.24) is 15.8 Å². The van der Waals surface area contributed by atoms with E-state index in [4.69, 9.17) is 69.5 Å². The molecule has 21 heteroatoms. The Hall–Kier alpha value is -4.64. The number of hydrogen-bond acceptors (Lipinski definition) is 15. The fourth-order valence-corrected chi connectivity index (χ4v) is 12.2. The molecule has 1 amide bonds. The molecule has 17 nitrogen and oxygen atoms in total. The van der Waals surface area contributed by atoms with E-state index in [1.54, 1.807) is 46.6 Å². The molecule has 2 aliphatic heterocycles. The summed E-state index contributed by atoms with van der Waals surface area (Å²) in [4.78, 5) is 59.7. The molecule has 1 saturated heterocycles. The lowest BCUT2D eigenvalue weighted by Crippen LogP contribution is -2.50. The van der Waals surface area contributed by atoms with Gasteiger partial charge in [-0.1, -0.05) is 69.9 Å². The maximum atomic E-state index is 13.4. The molecule has 3 aromatic carbocycles. The van der Waals surface area contributed by atoms with E-state index < -0.39 is 22.8 Å². The fraction of sp³-hybridized carbons (Fsp3) is 0.600. The standard InChI is InChI=1S/C22H30N2O3.C16H20O5.C9H12O2.C8H10O2.C5H13N3.Al.3ClH/c1-26-19-11-10-16(14-20(19)27-2)18-15-22(12-6-7-13-22)21(25)24(23-18)17-8-4-3-5-9-17;1-20-13-6-5-11(9-14(13)21-2)12(17)10-16(15(18)19)7-3-4-8-16;10-7-5-8(11)9(6-7)3-1-2-4-9;1-9-7-5-3-4-6-8(7)10-2;6-8-5-1-3-7-4-2-5;;;;/h10-11,14,17H,3-9,12-13,15H2,1-2H3;5-6,9H,3-4,7-8,10H2,1-2H3,(H,18,19);1-6H2;3-6H,1-2H3;5,7-8H,1-4,6H2;;3*1H/q;;;;;+3;;;/p-3. The Labute approximate surface area is 495 Å². The van der Waals surface area contributed by atoms with Crippen molar-refractivity contribution in [3.8, 4) is 34.5 Å². The summed E-state index contributed by atoms with van der Waals surface area (Å²) in [7, 11) is 24.4. The van der Waals surface area contributed by atoms with Crippen LogP contribution in [0.5, 0.6) is 34.5 Å². The first-order valence-corrected chi connectivity index (χ1v) is 33.6. The smallest absolute Gasteiger partial charge is 0.493 e. The topological polar surface area (TPSA) is 227 Å². The van der Waals surface area contributed by atoms with Crippen LogP contribution in [0.3, 0.4) is 0 Å². The maximum absolute atomic E-state index is 13.4. The highest BCUT2D eigenvalue weighted by Crippen LogP contribution is 2.49. The van der Waals surface area contributed by atoms with Crippen molar-refractivity contribution in [2.45, 2.75) is 160 Å². The van der Waals surface area contributed by atoms with Crippen LogP contribution in [-0.2, 0) is 19.2 Å². The predicted molar refractivity (Wildman–Crippen MR) is 319 cm³/mol. The van der Waals surface area contributed by atoms with Gasteiger partial charge in [-0.05, 0) is 126 Å². The maximum Gasteiger partial charge on any atom is 0.643 e. The number of carboxylic acid groups (broad SMARTS) is 1. The van der Waals surface area contributed by atoms with Crippen LogP contribution in [0.25, 0.3) is 0 Å². The third-order valence-corrected chi connectivity index (χ3v) is 16.7. The average Bonchev–Trinajstić information content (AvgIpc) is 4.42. The second kappa shape index (κ2) is 33.6. The van der Waals surface area contributed by atoms with E-state index in [1.165, 1.54) is 33.5 Å². The van der Waals surface area contributed by atoms with Crippen molar-refractivity contribution in [2.24, 2.45) is 27.2 Å². The number of benzene rings is 3. The molecule has 5 saturated carbocycles. The van der Waals surface area contributed by atoms with Gasteiger partial charge in [-0.15, -0.1) is 0 Å². The fourth-order valence-electron chi connectivity index (χ4n) is 12.2. The van der Waals surface area contributed by atoms with E-state index in [9.17, 15) is 29.1 Å². The third kappa shape index (κ3) is 18.9. The van der Waals surface area contributed by atoms with Crippen LogP contribution in [0, 0.1) is 16.2 Å². The molecule has 10 rings (SSSR count). The predicted octanol–water partition coefficient (Wildman–Crippen LogP) is 11.5. The average molecular weight is 1200 g/mol. The summed E-state index contributed by atoms with van der Waals surface area (Å²) in [6, 6.07) is 19.2. The Morgan fingerprint density at radius 3 is 1.60 bits per heavy atom. The van der Waals surface area contributed by atoms with Crippen LogP contribution < -0.4 is 45.0 Å². The van der Waals surface area contributed by atoms with Crippen molar-refractivity contribution < 1.29 is 57.5 Å². The van der Waals surface area contributed by atoms with Gasteiger partial charge in [-0.2, -0.15) is 5.10 Å². The molecular weight excluding hydrogens is 1120 g/mol. The lowest BCUT2D eigenvalue weighted by atomic mass is 9.76. The summed E-state index contributed by atoms with van der Waals surface area (Å²) in [5.41, 5.74) is 3.96. The molecule has 0 bridgehead atoms. The summed E-state index contributed by atoms with van der Waals surface area (Å²) >= 11 is -1.72. The van der Waals surface area contributed by atoms with Gasteiger partial charge in [-0.3, -0.25) is 35.2 Å². The minimum Gasteiger partial charge on any atom is -0.493 e. The van der Waals surface area contributed by atoms with Gasteiger partial charge in [0.15, 0.2) is 40.3 Å². The second-order valence-electron chi connectivity index (χ2n) is 21.8. The number of hydrogen-bond donors (Lipinski definition) is 4. The minimum atomic E-state index is -1.72. The number of carbonyl (C=O) groups excluding carboxylic acids is 4. The number of rotatable bonds is 13. The molecule has 0 radical (unpaired) electrons. The lowest BCUT2D eigenvalue weighted by molar-refractivity contribution is -0.148. The number of ketones is 3. The highest BCUT2D eigenvalue weighted by molar-refractivity contribution is 7.54. The normalized spacial score (nSPS) is 19.6. The molecule has 7 aliphatic rings. The monoisotopic (exact) mass is 1200 g/mol. The zero-order valence-electron chi connectivity index (χ0n) is 48.2. The van der Waals surface area contributed by atoms with Crippen molar-refractivity contribution in [2.75, 3.05) is 55.7 Å². The van der Waals surface area contributed by atoms with Crippen molar-refractivity contribution in [3.05, 3.63) is 71.8 Å². The number of nitrogens with two attached hydrogens (primary N) is 1. The molecule has 446 valence electrons. The number of methoxy groups -OCH3 is 6. The number of hydrazone groups is 1. The largest absolute Gasteiger partial charge is 0.643 e. The molecule has 3 aromatic rings. The first kappa shape index (κ1) is 67.2. The Kier molecular flexibility index (Phi) is 27.9. The molecule has 5 N–H and O–H groups in total. The molecule has 0 aromatic heterocycles. The van der Waals surface area contributed by atoms with Crippen molar-refractivity contribution in [3.63, 3.8) is 0 Å². The van der Waals surface area contributed by atoms with Crippen LogP contribution >= 0.6 is 30.1 Å². The zero-order chi connectivity index (χ0) is 59.0. The number of halogens is 3. The van der Waals surface area contributed by atoms with E-state index in [0.717, 1.165) is 132 Å². The minimum absolute atomic E-state index is 0.0395.